The van der Waals surface area contributed by atoms with Crippen LogP contribution in [0.15, 0.2) is 15.9 Å². The first-order chi connectivity index (χ1) is 6.53. The molecular formula is C10H15BrN2S. The molecule has 1 atom stereocenters. The molecule has 1 unspecified atom stereocenters. The van der Waals surface area contributed by atoms with E-state index in [-0.39, 0.29) is 5.54 Å². The second-order valence-corrected chi connectivity index (χ2v) is 6.13. The second-order valence-electron chi connectivity index (χ2n) is 4.27. The van der Waals surface area contributed by atoms with Crippen molar-refractivity contribution in [3.8, 4) is 0 Å². The smallest absolute Gasteiger partial charge is 0.0618 e. The Morgan fingerprint density at radius 2 is 2.21 bits per heavy atom. The van der Waals surface area contributed by atoms with Gasteiger partial charge in [-0.25, -0.2) is 0 Å². The van der Waals surface area contributed by atoms with Crippen LogP contribution < -0.4 is 5.73 Å². The highest BCUT2D eigenvalue weighted by Gasteiger charge is 2.47. The normalized spacial score (nSPS) is 21.2. The van der Waals surface area contributed by atoms with Crippen LogP contribution in [0.25, 0.3) is 0 Å². The quantitative estimate of drug-likeness (QED) is 0.918. The number of nitrogens with zero attached hydrogens (tertiary/aromatic N) is 1. The summed E-state index contributed by atoms with van der Waals surface area (Å²) in [7, 11) is 4.20. The fraction of sp³-hybridized carbons (Fsp3) is 0.600. The minimum atomic E-state index is 0.0216. The van der Waals surface area contributed by atoms with Crippen molar-refractivity contribution >= 4 is 27.3 Å². The van der Waals surface area contributed by atoms with Crippen LogP contribution in [0, 0.1) is 0 Å². The Hall–Kier alpha value is 0.1000. The average molecular weight is 275 g/mol. The third-order valence-electron chi connectivity index (χ3n) is 2.75. The average Bonchev–Trinajstić information content (AvgIpc) is 2.65. The summed E-state index contributed by atoms with van der Waals surface area (Å²) in [6.07, 6.45) is 2.29. The number of likely N-dealkylation sites (N-methyl/N-ethyl adjacent to an activating group) is 1. The maximum atomic E-state index is 6.28. The van der Waals surface area contributed by atoms with Crippen LogP contribution >= 0.6 is 27.3 Å². The van der Waals surface area contributed by atoms with Gasteiger partial charge in [0, 0.05) is 20.3 Å². The summed E-state index contributed by atoms with van der Waals surface area (Å²) in [6, 6.07) is 2.56. The zero-order valence-corrected chi connectivity index (χ0v) is 10.9. The van der Waals surface area contributed by atoms with Gasteiger partial charge in [-0.2, -0.15) is 0 Å². The summed E-state index contributed by atoms with van der Waals surface area (Å²) in [4.78, 5) is 3.59. The van der Waals surface area contributed by atoms with Gasteiger partial charge in [0.1, 0.15) is 0 Å². The third-order valence-corrected chi connectivity index (χ3v) is 4.49. The van der Waals surface area contributed by atoms with Crippen molar-refractivity contribution in [1.82, 2.24) is 4.90 Å². The first kappa shape index (κ1) is 10.6. The van der Waals surface area contributed by atoms with E-state index in [1.54, 1.807) is 11.3 Å². The molecule has 0 saturated heterocycles. The Morgan fingerprint density at radius 3 is 2.57 bits per heavy atom. The number of hydrogen-bond donors (Lipinski definition) is 1. The highest BCUT2D eigenvalue weighted by atomic mass is 79.9. The molecular weight excluding hydrogens is 260 g/mol. The van der Waals surface area contributed by atoms with E-state index in [0.717, 1.165) is 17.3 Å². The minimum Gasteiger partial charge on any atom is -0.323 e. The summed E-state index contributed by atoms with van der Waals surface area (Å²) in [6.45, 7) is 0. The van der Waals surface area contributed by atoms with Crippen LogP contribution in [0.5, 0.6) is 0 Å². The minimum absolute atomic E-state index is 0.0216. The second kappa shape index (κ2) is 3.59. The van der Waals surface area contributed by atoms with Crippen molar-refractivity contribution in [2.24, 2.45) is 5.73 Å². The van der Waals surface area contributed by atoms with Gasteiger partial charge in [-0.3, -0.25) is 0 Å². The predicted molar refractivity (Wildman–Crippen MR) is 64.6 cm³/mol. The summed E-state index contributed by atoms with van der Waals surface area (Å²) < 4.78 is 1.16. The largest absolute Gasteiger partial charge is 0.323 e. The lowest BCUT2D eigenvalue weighted by atomic mass is 10.0. The van der Waals surface area contributed by atoms with Gasteiger partial charge in [0.25, 0.3) is 0 Å². The van der Waals surface area contributed by atoms with E-state index >= 15 is 0 Å². The molecule has 1 aliphatic carbocycles. The van der Waals surface area contributed by atoms with Crippen LogP contribution in [0.1, 0.15) is 23.8 Å². The third kappa shape index (κ3) is 1.89. The molecule has 0 bridgehead atoms. The Labute approximate surface area is 97.2 Å². The lowest BCUT2D eigenvalue weighted by Crippen LogP contribution is -2.38. The highest BCUT2D eigenvalue weighted by molar-refractivity contribution is 9.10. The van der Waals surface area contributed by atoms with Gasteiger partial charge in [-0.05, 0) is 48.9 Å². The number of nitrogens with two attached hydrogens (primary N) is 1. The Kier molecular flexibility index (Phi) is 2.72. The molecule has 0 amide bonds. The van der Waals surface area contributed by atoms with E-state index in [2.05, 4.69) is 46.4 Å². The van der Waals surface area contributed by atoms with Gasteiger partial charge < -0.3 is 10.6 Å². The van der Waals surface area contributed by atoms with Crippen molar-refractivity contribution in [2.45, 2.75) is 24.4 Å². The lowest BCUT2D eigenvalue weighted by molar-refractivity contribution is 0.250. The lowest BCUT2D eigenvalue weighted by Gasteiger charge is -2.29. The number of hydrogen-bond acceptors (Lipinski definition) is 3. The SMILES string of the molecule is CN(C)C(c1cc(Br)cs1)C1(N)CC1. The fourth-order valence-electron chi connectivity index (χ4n) is 1.94. The summed E-state index contributed by atoms with van der Waals surface area (Å²) in [5, 5.41) is 2.12. The van der Waals surface area contributed by atoms with Crippen LogP contribution in [-0.2, 0) is 0 Å². The Bertz CT molecular complexity index is 331. The van der Waals surface area contributed by atoms with Crippen molar-refractivity contribution in [3.05, 3.63) is 20.8 Å². The molecule has 1 aliphatic rings. The van der Waals surface area contributed by atoms with E-state index in [4.69, 9.17) is 5.73 Å². The van der Waals surface area contributed by atoms with E-state index < -0.39 is 0 Å². The molecule has 0 aromatic carbocycles. The molecule has 0 spiro atoms. The van der Waals surface area contributed by atoms with Gasteiger partial charge in [-0.15, -0.1) is 11.3 Å². The molecule has 2 rings (SSSR count). The van der Waals surface area contributed by atoms with Crippen molar-refractivity contribution < 1.29 is 0 Å². The molecule has 14 heavy (non-hydrogen) atoms. The van der Waals surface area contributed by atoms with Gasteiger partial charge in [0.15, 0.2) is 0 Å². The monoisotopic (exact) mass is 274 g/mol. The first-order valence-electron chi connectivity index (χ1n) is 4.72. The molecule has 1 saturated carbocycles. The molecule has 1 aromatic rings. The maximum absolute atomic E-state index is 6.28. The van der Waals surface area contributed by atoms with E-state index in [0.29, 0.717) is 6.04 Å². The number of rotatable bonds is 3. The van der Waals surface area contributed by atoms with Crippen LogP contribution in [0.3, 0.4) is 0 Å². The molecule has 1 fully saturated rings. The predicted octanol–water partition coefficient (Wildman–Crippen LogP) is 2.60. The number of thiophene rings is 1. The molecule has 1 aromatic heterocycles. The van der Waals surface area contributed by atoms with Crippen molar-refractivity contribution in [3.63, 3.8) is 0 Å². The molecule has 0 radical (unpaired) electrons. The summed E-state index contributed by atoms with van der Waals surface area (Å²) in [5.74, 6) is 0. The molecule has 78 valence electrons. The van der Waals surface area contributed by atoms with E-state index in [9.17, 15) is 0 Å². The molecule has 4 heteroatoms. The zero-order chi connectivity index (χ0) is 10.3. The van der Waals surface area contributed by atoms with E-state index in [1.165, 1.54) is 4.88 Å². The van der Waals surface area contributed by atoms with Gasteiger partial charge in [0.2, 0.25) is 0 Å². The zero-order valence-electron chi connectivity index (χ0n) is 8.46. The van der Waals surface area contributed by atoms with E-state index in [1.807, 2.05) is 0 Å². The number of halogens is 1. The first-order valence-corrected chi connectivity index (χ1v) is 6.39. The van der Waals surface area contributed by atoms with Gasteiger partial charge >= 0.3 is 0 Å². The molecule has 1 heterocycles. The van der Waals surface area contributed by atoms with Crippen LogP contribution in [0.2, 0.25) is 0 Å². The topological polar surface area (TPSA) is 29.3 Å². The summed E-state index contributed by atoms with van der Waals surface area (Å²) >= 11 is 5.27. The van der Waals surface area contributed by atoms with Crippen LogP contribution in [0.4, 0.5) is 0 Å². The van der Waals surface area contributed by atoms with Crippen LogP contribution in [-0.4, -0.2) is 24.5 Å². The Morgan fingerprint density at radius 1 is 1.57 bits per heavy atom. The molecule has 2 N–H and O–H groups in total. The Balaban J connectivity index is 2.27. The molecule has 0 aliphatic heterocycles. The van der Waals surface area contributed by atoms with Gasteiger partial charge in [-0.1, -0.05) is 0 Å². The molecule has 2 nitrogen and oxygen atoms in total. The van der Waals surface area contributed by atoms with Crippen molar-refractivity contribution in [1.29, 1.82) is 0 Å². The summed E-state index contributed by atoms with van der Waals surface area (Å²) in [5.41, 5.74) is 6.30. The maximum Gasteiger partial charge on any atom is 0.0618 e. The highest BCUT2D eigenvalue weighted by Crippen LogP contribution is 2.47. The fourth-order valence-corrected chi connectivity index (χ4v) is 3.71. The van der Waals surface area contributed by atoms with Crippen molar-refractivity contribution in [2.75, 3.05) is 14.1 Å². The van der Waals surface area contributed by atoms with Gasteiger partial charge in [0.05, 0.1) is 6.04 Å². The standard InChI is InChI=1S/C10H15BrN2S/c1-13(2)9(10(12)3-4-10)8-5-7(11)6-14-8/h5-6,9H,3-4,12H2,1-2H3.